The van der Waals surface area contributed by atoms with Crippen LogP contribution in [0, 0.1) is 23.2 Å². The molecular formula is C18H23N3O2. The van der Waals surface area contributed by atoms with Crippen LogP contribution in [0.2, 0.25) is 0 Å². The molecule has 1 aromatic carbocycles. The lowest BCUT2D eigenvalue weighted by Crippen LogP contribution is -2.39. The maximum Gasteiger partial charge on any atom is 0.317 e. The number of carbonyl (C=O) groups is 1. The first-order valence-corrected chi connectivity index (χ1v) is 8.36. The lowest BCUT2D eigenvalue weighted by atomic mass is 9.91. The van der Waals surface area contributed by atoms with Crippen LogP contribution >= 0.6 is 0 Å². The Morgan fingerprint density at radius 3 is 3.09 bits per heavy atom. The van der Waals surface area contributed by atoms with Crippen molar-refractivity contribution in [3.63, 3.8) is 0 Å². The summed E-state index contributed by atoms with van der Waals surface area (Å²) in [7, 11) is 0. The first-order chi connectivity index (χ1) is 11.3. The van der Waals surface area contributed by atoms with Crippen molar-refractivity contribution in [3.8, 4) is 6.07 Å². The molecule has 5 heteroatoms. The average Bonchev–Trinajstić information content (AvgIpc) is 3.26. The van der Waals surface area contributed by atoms with Gasteiger partial charge in [0.05, 0.1) is 11.6 Å². The zero-order valence-corrected chi connectivity index (χ0v) is 13.3. The van der Waals surface area contributed by atoms with Crippen LogP contribution in [-0.2, 0) is 11.2 Å². The predicted octanol–water partition coefficient (Wildman–Crippen LogP) is 2.17. The highest BCUT2D eigenvalue weighted by Crippen LogP contribution is 2.29. The van der Waals surface area contributed by atoms with E-state index >= 15 is 0 Å². The zero-order chi connectivity index (χ0) is 16.1. The third-order valence-corrected chi connectivity index (χ3v) is 4.89. The minimum absolute atomic E-state index is 0.0304. The maximum absolute atomic E-state index is 12.3. The van der Waals surface area contributed by atoms with Crippen molar-refractivity contribution in [2.24, 2.45) is 11.8 Å². The Balaban J connectivity index is 1.42. The fourth-order valence-corrected chi connectivity index (χ4v) is 3.50. The van der Waals surface area contributed by atoms with Gasteiger partial charge in [0.1, 0.15) is 0 Å². The van der Waals surface area contributed by atoms with Gasteiger partial charge in [0.15, 0.2) is 0 Å². The monoisotopic (exact) mass is 313 g/mol. The molecule has 2 aliphatic heterocycles. The lowest BCUT2D eigenvalue weighted by Gasteiger charge is -2.19. The van der Waals surface area contributed by atoms with E-state index in [0.717, 1.165) is 51.1 Å². The van der Waals surface area contributed by atoms with Gasteiger partial charge in [0.2, 0.25) is 0 Å². The van der Waals surface area contributed by atoms with E-state index in [1.54, 1.807) is 6.07 Å². The van der Waals surface area contributed by atoms with Crippen molar-refractivity contribution < 1.29 is 9.53 Å². The number of carbonyl (C=O) groups excluding carboxylic acids is 1. The van der Waals surface area contributed by atoms with Crippen LogP contribution in [0.5, 0.6) is 0 Å². The molecule has 2 heterocycles. The second-order valence-corrected chi connectivity index (χ2v) is 6.41. The normalized spacial score (nSPS) is 23.7. The number of nitriles is 1. The standard InChI is InChI=1S/C18H23N3O2/c19-11-15-3-1-2-14(10-15)4-7-20-18(22)21-8-5-16(12-21)17-6-9-23-13-17/h1-3,10,16-17H,4-9,12-13H2,(H,20,22)/t16-,17-/m1/s1. The molecule has 23 heavy (non-hydrogen) atoms. The largest absolute Gasteiger partial charge is 0.381 e. The summed E-state index contributed by atoms with van der Waals surface area (Å²) in [6.07, 6.45) is 2.97. The van der Waals surface area contributed by atoms with E-state index in [9.17, 15) is 4.79 Å². The molecule has 3 rings (SSSR count). The minimum Gasteiger partial charge on any atom is -0.381 e. The zero-order valence-electron chi connectivity index (χ0n) is 13.3. The number of ether oxygens (including phenoxy) is 1. The molecule has 2 amide bonds. The Kier molecular flexibility index (Phi) is 5.14. The van der Waals surface area contributed by atoms with E-state index < -0.39 is 0 Å². The summed E-state index contributed by atoms with van der Waals surface area (Å²) >= 11 is 0. The molecule has 5 nitrogen and oxygen atoms in total. The van der Waals surface area contributed by atoms with E-state index in [1.807, 2.05) is 23.1 Å². The van der Waals surface area contributed by atoms with Gasteiger partial charge in [0, 0.05) is 32.8 Å². The highest BCUT2D eigenvalue weighted by atomic mass is 16.5. The molecule has 2 fully saturated rings. The van der Waals surface area contributed by atoms with Gasteiger partial charge in [-0.05, 0) is 48.8 Å². The molecule has 0 bridgehead atoms. The lowest BCUT2D eigenvalue weighted by molar-refractivity contribution is 0.170. The summed E-state index contributed by atoms with van der Waals surface area (Å²) < 4.78 is 5.46. The van der Waals surface area contributed by atoms with E-state index in [1.165, 1.54) is 0 Å². The Labute approximate surface area is 137 Å². The van der Waals surface area contributed by atoms with Crippen LogP contribution in [0.15, 0.2) is 24.3 Å². The Morgan fingerprint density at radius 2 is 2.30 bits per heavy atom. The van der Waals surface area contributed by atoms with E-state index in [0.29, 0.717) is 23.9 Å². The van der Waals surface area contributed by atoms with Gasteiger partial charge in [0.25, 0.3) is 0 Å². The van der Waals surface area contributed by atoms with Gasteiger partial charge < -0.3 is 15.0 Å². The number of benzene rings is 1. The highest BCUT2D eigenvalue weighted by molar-refractivity contribution is 5.74. The van der Waals surface area contributed by atoms with Crippen LogP contribution in [0.3, 0.4) is 0 Å². The first-order valence-electron chi connectivity index (χ1n) is 8.36. The molecule has 0 aliphatic carbocycles. The van der Waals surface area contributed by atoms with E-state index in [4.69, 9.17) is 10.00 Å². The van der Waals surface area contributed by atoms with Crippen molar-refractivity contribution in [1.82, 2.24) is 10.2 Å². The molecule has 0 aromatic heterocycles. The molecule has 0 unspecified atom stereocenters. The summed E-state index contributed by atoms with van der Waals surface area (Å²) in [5, 5.41) is 11.9. The number of amides is 2. The Morgan fingerprint density at radius 1 is 1.39 bits per heavy atom. The topological polar surface area (TPSA) is 65.4 Å². The number of likely N-dealkylation sites (tertiary alicyclic amines) is 1. The maximum atomic E-state index is 12.3. The van der Waals surface area contributed by atoms with E-state index in [-0.39, 0.29) is 6.03 Å². The number of hydrogen-bond donors (Lipinski definition) is 1. The van der Waals surface area contributed by atoms with Gasteiger partial charge in [-0.3, -0.25) is 0 Å². The summed E-state index contributed by atoms with van der Waals surface area (Å²) in [6.45, 7) is 4.02. The number of urea groups is 1. The quantitative estimate of drug-likeness (QED) is 0.926. The predicted molar refractivity (Wildman–Crippen MR) is 86.9 cm³/mol. The van der Waals surface area contributed by atoms with Crippen molar-refractivity contribution in [1.29, 1.82) is 5.26 Å². The summed E-state index contributed by atoms with van der Waals surface area (Å²) in [4.78, 5) is 14.2. The molecule has 0 radical (unpaired) electrons. The SMILES string of the molecule is N#Cc1cccc(CCNC(=O)N2CC[C@@H]([C@@H]3CCOC3)C2)c1. The molecule has 1 aromatic rings. The van der Waals surface area contributed by atoms with Crippen LogP contribution in [0.1, 0.15) is 24.0 Å². The smallest absolute Gasteiger partial charge is 0.317 e. The fourth-order valence-electron chi connectivity index (χ4n) is 3.50. The molecule has 0 spiro atoms. The second kappa shape index (κ2) is 7.47. The van der Waals surface area contributed by atoms with Crippen molar-refractivity contribution in [2.75, 3.05) is 32.8 Å². The number of nitrogens with zero attached hydrogens (tertiary/aromatic N) is 2. The van der Waals surface area contributed by atoms with E-state index in [2.05, 4.69) is 11.4 Å². The Hall–Kier alpha value is -2.06. The van der Waals surface area contributed by atoms with Gasteiger partial charge in [-0.15, -0.1) is 0 Å². The molecule has 2 saturated heterocycles. The number of nitrogens with one attached hydrogen (secondary N) is 1. The first kappa shape index (κ1) is 15.8. The highest BCUT2D eigenvalue weighted by Gasteiger charge is 2.33. The van der Waals surface area contributed by atoms with Gasteiger partial charge in [-0.25, -0.2) is 4.79 Å². The van der Waals surface area contributed by atoms with Crippen LogP contribution < -0.4 is 5.32 Å². The van der Waals surface area contributed by atoms with Crippen LogP contribution in [-0.4, -0.2) is 43.8 Å². The summed E-state index contributed by atoms with van der Waals surface area (Å²) in [6, 6.07) is 9.70. The fraction of sp³-hybridized carbons (Fsp3) is 0.556. The van der Waals surface area contributed by atoms with Crippen LogP contribution in [0.4, 0.5) is 4.79 Å². The minimum atomic E-state index is 0.0304. The molecule has 1 N–H and O–H groups in total. The molecule has 2 atom stereocenters. The second-order valence-electron chi connectivity index (χ2n) is 6.41. The summed E-state index contributed by atoms with van der Waals surface area (Å²) in [5.74, 6) is 1.22. The van der Waals surface area contributed by atoms with Crippen molar-refractivity contribution in [2.45, 2.75) is 19.3 Å². The van der Waals surface area contributed by atoms with Crippen LogP contribution in [0.25, 0.3) is 0 Å². The molecule has 0 saturated carbocycles. The molecular weight excluding hydrogens is 290 g/mol. The van der Waals surface area contributed by atoms with Crippen molar-refractivity contribution >= 4 is 6.03 Å². The van der Waals surface area contributed by atoms with Gasteiger partial charge >= 0.3 is 6.03 Å². The number of rotatable bonds is 4. The summed E-state index contributed by atoms with van der Waals surface area (Å²) in [5.41, 5.74) is 1.74. The molecule has 122 valence electrons. The third-order valence-electron chi connectivity index (χ3n) is 4.89. The molecule has 2 aliphatic rings. The third kappa shape index (κ3) is 4.02. The van der Waals surface area contributed by atoms with Gasteiger partial charge in [-0.1, -0.05) is 12.1 Å². The van der Waals surface area contributed by atoms with Gasteiger partial charge in [-0.2, -0.15) is 5.26 Å². The van der Waals surface area contributed by atoms with Crippen molar-refractivity contribution in [3.05, 3.63) is 35.4 Å². The number of hydrogen-bond acceptors (Lipinski definition) is 3. The average molecular weight is 313 g/mol. The Bertz CT molecular complexity index is 590.